The highest BCUT2D eigenvalue weighted by Crippen LogP contribution is 2.22. The molecule has 17 heavy (non-hydrogen) atoms. The molecule has 1 aromatic carbocycles. The molecule has 0 aliphatic heterocycles. The van der Waals surface area contributed by atoms with E-state index in [0.717, 1.165) is 16.9 Å². The molecule has 0 amide bonds. The number of carbonyl (C=O) groups excluding carboxylic acids is 1. The standard InChI is InChI=1S/C13H15NO2S/c1-2-9-16-13(15)8-7-12-14-10-5-3-4-6-11(10)17-12/h3-6H,2,7-9H2,1H3. The highest BCUT2D eigenvalue weighted by atomic mass is 32.1. The van der Waals surface area contributed by atoms with Crippen molar-refractivity contribution in [1.82, 2.24) is 4.98 Å². The third-order valence-corrected chi connectivity index (χ3v) is 3.44. The lowest BCUT2D eigenvalue weighted by atomic mass is 10.3. The van der Waals surface area contributed by atoms with Gasteiger partial charge in [0.05, 0.1) is 28.3 Å². The summed E-state index contributed by atoms with van der Waals surface area (Å²) in [7, 11) is 0. The first-order chi connectivity index (χ1) is 8.29. The third kappa shape index (κ3) is 3.27. The van der Waals surface area contributed by atoms with Crippen molar-refractivity contribution < 1.29 is 9.53 Å². The molecule has 0 atom stereocenters. The maximum atomic E-state index is 11.3. The summed E-state index contributed by atoms with van der Waals surface area (Å²) in [5.41, 5.74) is 1.01. The number of thiazole rings is 1. The zero-order valence-electron chi connectivity index (χ0n) is 9.81. The third-order valence-electron chi connectivity index (χ3n) is 2.35. The molecule has 0 N–H and O–H groups in total. The van der Waals surface area contributed by atoms with E-state index in [1.165, 1.54) is 4.70 Å². The number of ether oxygens (including phenoxy) is 1. The van der Waals surface area contributed by atoms with Crippen LogP contribution in [-0.4, -0.2) is 17.6 Å². The van der Waals surface area contributed by atoms with Crippen molar-refractivity contribution >= 4 is 27.5 Å². The molecule has 0 aliphatic carbocycles. The van der Waals surface area contributed by atoms with E-state index in [1.54, 1.807) is 11.3 Å². The van der Waals surface area contributed by atoms with Gasteiger partial charge in [0, 0.05) is 6.42 Å². The number of carbonyl (C=O) groups is 1. The Morgan fingerprint density at radius 1 is 1.41 bits per heavy atom. The summed E-state index contributed by atoms with van der Waals surface area (Å²) < 4.78 is 6.20. The molecule has 2 rings (SSSR count). The van der Waals surface area contributed by atoms with Gasteiger partial charge in [-0.15, -0.1) is 11.3 Å². The average Bonchev–Trinajstić information content (AvgIpc) is 2.76. The van der Waals surface area contributed by atoms with Crippen LogP contribution in [0.15, 0.2) is 24.3 Å². The van der Waals surface area contributed by atoms with E-state index in [0.29, 0.717) is 19.4 Å². The Morgan fingerprint density at radius 3 is 3.00 bits per heavy atom. The number of hydrogen-bond donors (Lipinski definition) is 0. The second-order valence-corrected chi connectivity index (χ2v) is 4.91. The average molecular weight is 249 g/mol. The number of para-hydroxylation sites is 1. The number of nitrogens with zero attached hydrogens (tertiary/aromatic N) is 1. The fraction of sp³-hybridized carbons (Fsp3) is 0.385. The summed E-state index contributed by atoms with van der Waals surface area (Å²) in [6, 6.07) is 8.01. The molecular formula is C13H15NO2S. The highest BCUT2D eigenvalue weighted by Gasteiger charge is 2.07. The van der Waals surface area contributed by atoms with Crippen LogP contribution < -0.4 is 0 Å². The molecule has 0 radical (unpaired) electrons. The Balaban J connectivity index is 1.92. The van der Waals surface area contributed by atoms with Gasteiger partial charge in [-0.1, -0.05) is 19.1 Å². The van der Waals surface area contributed by atoms with Crippen LogP contribution in [0.25, 0.3) is 10.2 Å². The Morgan fingerprint density at radius 2 is 2.24 bits per heavy atom. The number of fused-ring (bicyclic) bond motifs is 1. The molecule has 0 saturated heterocycles. The minimum absolute atomic E-state index is 0.133. The Hall–Kier alpha value is -1.42. The topological polar surface area (TPSA) is 39.2 Å². The summed E-state index contributed by atoms with van der Waals surface area (Å²) in [5.74, 6) is -0.133. The lowest BCUT2D eigenvalue weighted by Crippen LogP contribution is -2.06. The molecule has 0 fully saturated rings. The molecular weight excluding hydrogens is 234 g/mol. The van der Waals surface area contributed by atoms with Gasteiger partial charge in [-0.05, 0) is 18.6 Å². The maximum Gasteiger partial charge on any atom is 0.306 e. The number of rotatable bonds is 5. The van der Waals surface area contributed by atoms with E-state index in [9.17, 15) is 4.79 Å². The fourth-order valence-electron chi connectivity index (χ4n) is 1.52. The number of benzene rings is 1. The van der Waals surface area contributed by atoms with Gasteiger partial charge >= 0.3 is 5.97 Å². The fourth-order valence-corrected chi connectivity index (χ4v) is 2.49. The molecule has 1 aromatic heterocycles. The number of aryl methyl sites for hydroxylation is 1. The molecule has 3 nitrogen and oxygen atoms in total. The maximum absolute atomic E-state index is 11.3. The first-order valence-corrected chi connectivity index (χ1v) is 6.61. The quantitative estimate of drug-likeness (QED) is 0.764. The molecule has 1 heterocycles. The van der Waals surface area contributed by atoms with Crippen LogP contribution in [0.2, 0.25) is 0 Å². The lowest BCUT2D eigenvalue weighted by Gasteiger charge is -2.00. The Bertz CT molecular complexity index is 474. The highest BCUT2D eigenvalue weighted by molar-refractivity contribution is 7.18. The van der Waals surface area contributed by atoms with E-state index in [4.69, 9.17) is 4.74 Å². The van der Waals surface area contributed by atoms with Crippen LogP contribution in [0.5, 0.6) is 0 Å². The second-order valence-electron chi connectivity index (χ2n) is 3.80. The van der Waals surface area contributed by atoms with Crippen molar-refractivity contribution in [2.45, 2.75) is 26.2 Å². The van der Waals surface area contributed by atoms with Gasteiger partial charge in [0.25, 0.3) is 0 Å². The summed E-state index contributed by atoms with van der Waals surface area (Å²) in [6.45, 7) is 2.50. The first kappa shape index (κ1) is 12.0. The van der Waals surface area contributed by atoms with Crippen molar-refractivity contribution in [2.75, 3.05) is 6.61 Å². The van der Waals surface area contributed by atoms with Gasteiger partial charge < -0.3 is 4.74 Å². The van der Waals surface area contributed by atoms with E-state index >= 15 is 0 Å². The van der Waals surface area contributed by atoms with Gasteiger partial charge in [-0.3, -0.25) is 4.79 Å². The largest absolute Gasteiger partial charge is 0.466 e. The van der Waals surface area contributed by atoms with Gasteiger partial charge in [-0.2, -0.15) is 0 Å². The van der Waals surface area contributed by atoms with Gasteiger partial charge in [-0.25, -0.2) is 4.98 Å². The molecule has 90 valence electrons. The van der Waals surface area contributed by atoms with E-state index in [1.807, 2.05) is 31.2 Å². The van der Waals surface area contributed by atoms with Crippen LogP contribution in [0.3, 0.4) is 0 Å². The van der Waals surface area contributed by atoms with Crippen LogP contribution in [0.4, 0.5) is 0 Å². The summed E-state index contributed by atoms with van der Waals surface area (Å²) in [5, 5.41) is 1.000. The van der Waals surface area contributed by atoms with Crippen molar-refractivity contribution in [3.05, 3.63) is 29.3 Å². The zero-order valence-corrected chi connectivity index (χ0v) is 10.6. The number of aromatic nitrogens is 1. The summed E-state index contributed by atoms with van der Waals surface area (Å²) in [4.78, 5) is 15.8. The predicted molar refractivity (Wildman–Crippen MR) is 69.2 cm³/mol. The Kier molecular flexibility index (Phi) is 4.09. The minimum atomic E-state index is -0.133. The van der Waals surface area contributed by atoms with Crippen LogP contribution >= 0.6 is 11.3 Å². The van der Waals surface area contributed by atoms with Crippen LogP contribution in [-0.2, 0) is 16.0 Å². The molecule has 0 unspecified atom stereocenters. The Labute approximate surface area is 104 Å². The predicted octanol–water partition coefficient (Wildman–Crippen LogP) is 3.18. The van der Waals surface area contributed by atoms with Crippen molar-refractivity contribution in [3.8, 4) is 0 Å². The zero-order chi connectivity index (χ0) is 12.1. The van der Waals surface area contributed by atoms with Gasteiger partial charge in [0.15, 0.2) is 0 Å². The number of esters is 1. The minimum Gasteiger partial charge on any atom is -0.466 e. The van der Waals surface area contributed by atoms with Crippen molar-refractivity contribution in [3.63, 3.8) is 0 Å². The van der Waals surface area contributed by atoms with Crippen LogP contribution in [0.1, 0.15) is 24.8 Å². The van der Waals surface area contributed by atoms with E-state index in [2.05, 4.69) is 4.98 Å². The van der Waals surface area contributed by atoms with E-state index in [-0.39, 0.29) is 5.97 Å². The number of hydrogen-bond acceptors (Lipinski definition) is 4. The van der Waals surface area contributed by atoms with Crippen LogP contribution in [0, 0.1) is 0 Å². The molecule has 4 heteroatoms. The monoisotopic (exact) mass is 249 g/mol. The summed E-state index contributed by atoms with van der Waals surface area (Å²) in [6.07, 6.45) is 1.95. The molecule has 0 bridgehead atoms. The van der Waals surface area contributed by atoms with Crippen molar-refractivity contribution in [1.29, 1.82) is 0 Å². The molecule has 0 spiro atoms. The van der Waals surface area contributed by atoms with E-state index < -0.39 is 0 Å². The summed E-state index contributed by atoms with van der Waals surface area (Å²) >= 11 is 1.64. The molecule has 0 saturated carbocycles. The van der Waals surface area contributed by atoms with Gasteiger partial charge in [0.1, 0.15) is 0 Å². The van der Waals surface area contributed by atoms with Crippen molar-refractivity contribution in [2.24, 2.45) is 0 Å². The SMILES string of the molecule is CCCOC(=O)CCc1nc2ccccc2s1. The molecule has 0 aliphatic rings. The molecule has 2 aromatic rings. The van der Waals surface area contributed by atoms with Gasteiger partial charge in [0.2, 0.25) is 0 Å². The smallest absolute Gasteiger partial charge is 0.306 e. The second kappa shape index (κ2) is 5.77. The first-order valence-electron chi connectivity index (χ1n) is 5.79. The normalized spacial score (nSPS) is 10.6. The lowest BCUT2D eigenvalue weighted by molar-refractivity contribution is -0.143.